The number of carbonyl (C=O) groups excluding carboxylic acids is 3. The van der Waals surface area contributed by atoms with Crippen LogP contribution in [-0.2, 0) is 19.1 Å². The van der Waals surface area contributed by atoms with Gasteiger partial charge in [0.15, 0.2) is 6.61 Å². The smallest absolute Gasteiger partial charge is 0.338 e. The second-order valence-corrected chi connectivity index (χ2v) is 7.65. The number of hydrogen-bond acceptors (Lipinski definition) is 6. The molecule has 0 saturated heterocycles. The number of rotatable bonds is 12. The maximum absolute atomic E-state index is 12.0. The largest absolute Gasteiger partial charge is 0.492 e. The first-order valence-electron chi connectivity index (χ1n) is 10.2. The number of unbranched alkanes of at least 4 members (excludes halogenated alkanes) is 1. The fraction of sp³-hybridized carbons (Fsp3) is 0.348. The van der Waals surface area contributed by atoms with Gasteiger partial charge in [0.25, 0.3) is 5.91 Å². The molecule has 2 rings (SSSR count). The van der Waals surface area contributed by atoms with Crippen LogP contribution in [-0.4, -0.2) is 37.7 Å². The molecule has 0 aliphatic rings. The lowest BCUT2D eigenvalue weighted by Gasteiger charge is -2.09. The van der Waals surface area contributed by atoms with Crippen LogP contribution in [0, 0.1) is 0 Å². The summed E-state index contributed by atoms with van der Waals surface area (Å²) < 4.78 is 15.6. The number of benzene rings is 2. The standard InChI is InChI=1S/C23H25Cl2NO6/c1-2-3-12-31-23(29)16-6-9-18(10-7-16)26-21(27)15-32-22(28)5-4-13-30-20-11-8-17(24)14-19(20)25/h6-11,14H,2-5,12-13,15H2,1H3,(H,26,27). The van der Waals surface area contributed by atoms with Crippen LogP contribution in [0.1, 0.15) is 43.0 Å². The second kappa shape index (κ2) is 13.6. The Hall–Kier alpha value is -2.77. The van der Waals surface area contributed by atoms with Crippen molar-refractivity contribution in [1.82, 2.24) is 0 Å². The van der Waals surface area contributed by atoms with E-state index in [2.05, 4.69) is 5.32 Å². The Morgan fingerprint density at radius 1 is 0.938 bits per heavy atom. The molecule has 0 aromatic heterocycles. The van der Waals surface area contributed by atoms with Crippen molar-refractivity contribution in [2.24, 2.45) is 0 Å². The molecule has 0 atom stereocenters. The van der Waals surface area contributed by atoms with E-state index in [1.165, 1.54) is 0 Å². The zero-order valence-electron chi connectivity index (χ0n) is 17.7. The molecule has 0 aliphatic heterocycles. The van der Waals surface area contributed by atoms with Gasteiger partial charge in [0, 0.05) is 17.1 Å². The van der Waals surface area contributed by atoms with Crippen LogP contribution < -0.4 is 10.1 Å². The van der Waals surface area contributed by atoms with Gasteiger partial charge in [0.2, 0.25) is 0 Å². The lowest BCUT2D eigenvalue weighted by Crippen LogP contribution is -2.21. The zero-order valence-corrected chi connectivity index (χ0v) is 19.2. The summed E-state index contributed by atoms with van der Waals surface area (Å²) in [5.41, 5.74) is 0.872. The van der Waals surface area contributed by atoms with Gasteiger partial charge in [-0.2, -0.15) is 0 Å². The van der Waals surface area contributed by atoms with Crippen LogP contribution in [0.2, 0.25) is 10.0 Å². The molecular weight excluding hydrogens is 457 g/mol. The van der Waals surface area contributed by atoms with E-state index in [0.29, 0.717) is 40.1 Å². The number of halogens is 2. The Bertz CT molecular complexity index is 917. The molecule has 2 aromatic carbocycles. The Balaban J connectivity index is 1.64. The van der Waals surface area contributed by atoms with Crippen molar-refractivity contribution < 1.29 is 28.6 Å². The van der Waals surface area contributed by atoms with Crippen molar-refractivity contribution >= 4 is 46.7 Å². The minimum atomic E-state index is -0.517. The number of ether oxygens (including phenoxy) is 3. The Morgan fingerprint density at radius 2 is 1.69 bits per heavy atom. The highest BCUT2D eigenvalue weighted by Gasteiger charge is 2.10. The lowest BCUT2D eigenvalue weighted by molar-refractivity contribution is -0.147. The lowest BCUT2D eigenvalue weighted by atomic mass is 10.2. The molecule has 1 amide bonds. The van der Waals surface area contributed by atoms with Gasteiger partial charge < -0.3 is 19.5 Å². The number of anilines is 1. The average molecular weight is 482 g/mol. The summed E-state index contributed by atoms with van der Waals surface area (Å²) in [6, 6.07) is 11.1. The summed E-state index contributed by atoms with van der Waals surface area (Å²) in [5, 5.41) is 3.49. The first-order chi connectivity index (χ1) is 15.4. The molecule has 2 aromatic rings. The van der Waals surface area contributed by atoms with Crippen molar-refractivity contribution in [2.75, 3.05) is 25.1 Å². The fourth-order valence-corrected chi connectivity index (χ4v) is 2.95. The highest BCUT2D eigenvalue weighted by molar-refractivity contribution is 6.35. The molecule has 0 fully saturated rings. The second-order valence-electron chi connectivity index (χ2n) is 6.80. The number of nitrogens with one attached hydrogen (secondary N) is 1. The minimum absolute atomic E-state index is 0.0906. The van der Waals surface area contributed by atoms with Gasteiger partial charge in [-0.3, -0.25) is 9.59 Å². The van der Waals surface area contributed by atoms with E-state index in [9.17, 15) is 14.4 Å². The van der Waals surface area contributed by atoms with Crippen molar-refractivity contribution in [2.45, 2.75) is 32.6 Å². The monoisotopic (exact) mass is 481 g/mol. The van der Waals surface area contributed by atoms with Gasteiger partial charge in [-0.05, 0) is 55.3 Å². The maximum atomic E-state index is 12.0. The first-order valence-corrected chi connectivity index (χ1v) is 10.9. The van der Waals surface area contributed by atoms with E-state index in [-0.39, 0.29) is 13.0 Å². The average Bonchev–Trinajstić information content (AvgIpc) is 2.77. The molecule has 0 unspecified atom stereocenters. The van der Waals surface area contributed by atoms with Crippen molar-refractivity contribution in [3.63, 3.8) is 0 Å². The van der Waals surface area contributed by atoms with Crippen LogP contribution in [0.15, 0.2) is 42.5 Å². The molecule has 32 heavy (non-hydrogen) atoms. The summed E-state index contributed by atoms with van der Waals surface area (Å²) in [4.78, 5) is 35.6. The van der Waals surface area contributed by atoms with Gasteiger partial charge in [-0.1, -0.05) is 36.5 Å². The van der Waals surface area contributed by atoms with Crippen molar-refractivity contribution in [1.29, 1.82) is 0 Å². The van der Waals surface area contributed by atoms with E-state index in [4.69, 9.17) is 37.4 Å². The summed E-state index contributed by atoms with van der Waals surface area (Å²) in [5.74, 6) is -0.937. The van der Waals surface area contributed by atoms with Crippen LogP contribution in [0.3, 0.4) is 0 Å². The van der Waals surface area contributed by atoms with Crippen LogP contribution >= 0.6 is 23.2 Å². The Labute approximate surface area is 196 Å². The minimum Gasteiger partial charge on any atom is -0.492 e. The molecule has 0 bridgehead atoms. The molecule has 0 radical (unpaired) electrons. The van der Waals surface area contributed by atoms with E-state index < -0.39 is 24.5 Å². The maximum Gasteiger partial charge on any atom is 0.338 e. The topological polar surface area (TPSA) is 90.9 Å². The highest BCUT2D eigenvalue weighted by atomic mass is 35.5. The van der Waals surface area contributed by atoms with Crippen LogP contribution in [0.5, 0.6) is 5.75 Å². The number of carbonyl (C=O) groups is 3. The van der Waals surface area contributed by atoms with Crippen LogP contribution in [0.4, 0.5) is 5.69 Å². The quantitative estimate of drug-likeness (QED) is 0.327. The number of hydrogen-bond donors (Lipinski definition) is 1. The third-order valence-electron chi connectivity index (χ3n) is 4.18. The van der Waals surface area contributed by atoms with Gasteiger partial charge in [-0.15, -0.1) is 0 Å². The van der Waals surface area contributed by atoms with Gasteiger partial charge in [0.1, 0.15) is 5.75 Å². The van der Waals surface area contributed by atoms with E-state index in [1.54, 1.807) is 42.5 Å². The first kappa shape index (κ1) is 25.5. The predicted molar refractivity (Wildman–Crippen MR) is 122 cm³/mol. The normalized spacial score (nSPS) is 10.3. The summed E-state index contributed by atoms with van der Waals surface area (Å²) in [7, 11) is 0. The predicted octanol–water partition coefficient (Wildman–Crippen LogP) is 5.29. The third-order valence-corrected chi connectivity index (χ3v) is 4.71. The molecule has 172 valence electrons. The number of amides is 1. The van der Waals surface area contributed by atoms with E-state index >= 15 is 0 Å². The summed E-state index contributed by atoms with van der Waals surface area (Å²) in [6.45, 7) is 2.23. The molecule has 0 spiro atoms. The number of esters is 2. The molecule has 7 nitrogen and oxygen atoms in total. The molecular formula is C23H25Cl2NO6. The van der Waals surface area contributed by atoms with Crippen molar-refractivity contribution in [3.05, 3.63) is 58.1 Å². The SMILES string of the molecule is CCCCOC(=O)c1ccc(NC(=O)COC(=O)CCCOc2ccc(Cl)cc2Cl)cc1. The Morgan fingerprint density at radius 3 is 2.38 bits per heavy atom. The molecule has 0 saturated carbocycles. The fourth-order valence-electron chi connectivity index (χ4n) is 2.49. The highest BCUT2D eigenvalue weighted by Crippen LogP contribution is 2.27. The molecule has 0 aliphatic carbocycles. The molecule has 9 heteroatoms. The Kier molecular flexibility index (Phi) is 10.8. The van der Waals surface area contributed by atoms with Crippen molar-refractivity contribution in [3.8, 4) is 5.75 Å². The summed E-state index contributed by atoms with van der Waals surface area (Å²) in [6.07, 6.45) is 2.24. The van der Waals surface area contributed by atoms with Gasteiger partial charge >= 0.3 is 11.9 Å². The van der Waals surface area contributed by atoms with Gasteiger partial charge in [0.05, 0.1) is 23.8 Å². The third kappa shape index (κ3) is 9.16. The summed E-state index contributed by atoms with van der Waals surface area (Å²) >= 11 is 11.8. The zero-order chi connectivity index (χ0) is 23.3. The van der Waals surface area contributed by atoms with Crippen LogP contribution in [0.25, 0.3) is 0 Å². The molecule has 1 N–H and O–H groups in total. The van der Waals surface area contributed by atoms with Gasteiger partial charge in [-0.25, -0.2) is 4.79 Å². The molecule has 0 heterocycles. The van der Waals surface area contributed by atoms with E-state index in [1.807, 2.05) is 6.92 Å². The van der Waals surface area contributed by atoms with E-state index in [0.717, 1.165) is 12.8 Å².